The Kier molecular flexibility index (Phi) is 9.11. The van der Waals surface area contributed by atoms with Gasteiger partial charge in [0.15, 0.2) is 0 Å². The van der Waals surface area contributed by atoms with Crippen LogP contribution >= 0.6 is 0 Å². The molecule has 34 heavy (non-hydrogen) atoms. The van der Waals surface area contributed by atoms with E-state index in [4.69, 9.17) is 9.72 Å². The van der Waals surface area contributed by atoms with Crippen molar-refractivity contribution in [1.82, 2.24) is 14.3 Å². The van der Waals surface area contributed by atoms with E-state index in [2.05, 4.69) is 27.7 Å². The summed E-state index contributed by atoms with van der Waals surface area (Å²) >= 11 is 0. The first-order valence-corrected chi connectivity index (χ1v) is 12.4. The number of ether oxygens (including phenoxy) is 1. The number of aliphatic hydroxyl groups excluding tert-OH is 1. The van der Waals surface area contributed by atoms with Gasteiger partial charge < -0.3 is 19.1 Å². The molecule has 2 aromatic heterocycles. The molecule has 0 bridgehead atoms. The van der Waals surface area contributed by atoms with Crippen LogP contribution in [0.3, 0.4) is 0 Å². The van der Waals surface area contributed by atoms with Gasteiger partial charge in [0.2, 0.25) is 0 Å². The first kappa shape index (κ1) is 25.8. The number of hydrogen-bond donors (Lipinski definition) is 1. The summed E-state index contributed by atoms with van der Waals surface area (Å²) in [4.78, 5) is 20.4. The lowest BCUT2D eigenvalue weighted by Crippen LogP contribution is -2.34. The minimum atomic E-state index is 0.0629. The number of hydrogen-bond acceptors (Lipinski definition) is 4. The van der Waals surface area contributed by atoms with Gasteiger partial charge in [-0.25, -0.2) is 4.98 Å². The van der Waals surface area contributed by atoms with E-state index >= 15 is 0 Å². The van der Waals surface area contributed by atoms with Crippen LogP contribution in [0, 0.1) is 11.8 Å². The summed E-state index contributed by atoms with van der Waals surface area (Å²) in [7, 11) is 1.65. The summed E-state index contributed by atoms with van der Waals surface area (Å²) < 4.78 is 7.42. The molecule has 0 saturated heterocycles. The molecule has 0 atom stereocenters. The molecular weight excluding hydrogens is 426 g/mol. The highest BCUT2D eigenvalue weighted by Crippen LogP contribution is 2.29. The number of aliphatic hydroxyl groups is 1. The van der Waals surface area contributed by atoms with Crippen molar-refractivity contribution in [3.63, 3.8) is 0 Å². The summed E-state index contributed by atoms with van der Waals surface area (Å²) in [5.74, 6) is 1.92. The van der Waals surface area contributed by atoms with Gasteiger partial charge in [-0.2, -0.15) is 0 Å². The van der Waals surface area contributed by atoms with Crippen molar-refractivity contribution < 1.29 is 14.6 Å². The molecule has 1 amide bonds. The topological polar surface area (TPSA) is 67.1 Å². The molecule has 2 heterocycles. The molecule has 0 unspecified atom stereocenters. The van der Waals surface area contributed by atoms with Crippen molar-refractivity contribution >= 4 is 11.6 Å². The fraction of sp³-hybridized carbons (Fsp3) is 0.500. The molecule has 1 N–H and O–H groups in total. The van der Waals surface area contributed by atoms with Crippen LogP contribution in [-0.4, -0.2) is 52.1 Å². The van der Waals surface area contributed by atoms with Crippen molar-refractivity contribution in [3.05, 3.63) is 53.9 Å². The van der Waals surface area contributed by atoms with Crippen molar-refractivity contribution in [1.29, 1.82) is 0 Å². The Morgan fingerprint density at radius 1 is 1.09 bits per heavy atom. The number of benzene rings is 1. The summed E-state index contributed by atoms with van der Waals surface area (Å²) in [5.41, 5.74) is 4.26. The second-order valence-electron chi connectivity index (χ2n) is 9.77. The number of rotatable bonds is 12. The number of carbonyl (C=O) groups is 1. The quantitative estimate of drug-likeness (QED) is 0.385. The third kappa shape index (κ3) is 6.38. The summed E-state index contributed by atoms with van der Waals surface area (Å²) in [6.45, 7) is 10.4. The number of carbonyl (C=O) groups excluding carboxylic acids is 1. The van der Waals surface area contributed by atoms with Gasteiger partial charge in [-0.05, 0) is 61.8 Å². The molecule has 3 rings (SSSR count). The second kappa shape index (κ2) is 12.0. The largest absolute Gasteiger partial charge is 0.497 e. The first-order chi connectivity index (χ1) is 16.3. The first-order valence-electron chi connectivity index (χ1n) is 12.4. The molecule has 0 spiro atoms. The Morgan fingerprint density at radius 3 is 2.41 bits per heavy atom. The Labute approximate surface area is 203 Å². The van der Waals surface area contributed by atoms with Gasteiger partial charge >= 0.3 is 0 Å². The highest BCUT2D eigenvalue weighted by Gasteiger charge is 2.20. The zero-order chi connectivity index (χ0) is 24.7. The van der Waals surface area contributed by atoms with Crippen LogP contribution in [0.15, 0.2) is 42.6 Å². The van der Waals surface area contributed by atoms with E-state index in [1.165, 1.54) is 0 Å². The predicted molar refractivity (Wildman–Crippen MR) is 137 cm³/mol. The van der Waals surface area contributed by atoms with Crippen LogP contribution in [0.2, 0.25) is 0 Å². The molecule has 0 fully saturated rings. The van der Waals surface area contributed by atoms with Gasteiger partial charge in [-0.15, -0.1) is 0 Å². The molecule has 6 heteroatoms. The standard InChI is InChI=1S/C28H39N3O3/c1-20(2)13-15-30(16-14-21(3)4)28(33)23-11-12-26-29-27(22-8-6-9-24(18-22)34-5)25(10-7-17-32)31(26)19-23/h6,8-9,11-12,18-21,32H,7,10,13-17H2,1-5H3. The zero-order valence-corrected chi connectivity index (χ0v) is 21.3. The average Bonchev–Trinajstić information content (AvgIpc) is 3.19. The zero-order valence-electron chi connectivity index (χ0n) is 21.3. The molecular formula is C28H39N3O3. The Hall–Kier alpha value is -2.86. The maximum atomic E-state index is 13.5. The minimum Gasteiger partial charge on any atom is -0.497 e. The van der Waals surface area contributed by atoms with E-state index in [0.29, 0.717) is 30.2 Å². The number of aryl methyl sites for hydroxylation is 1. The fourth-order valence-corrected chi connectivity index (χ4v) is 4.03. The Morgan fingerprint density at radius 2 is 1.79 bits per heavy atom. The van der Waals surface area contributed by atoms with Crippen LogP contribution < -0.4 is 4.74 Å². The van der Waals surface area contributed by atoms with Gasteiger partial charge in [-0.3, -0.25) is 4.79 Å². The number of fused-ring (bicyclic) bond motifs is 1. The van der Waals surface area contributed by atoms with E-state index < -0.39 is 0 Å². The normalized spacial score (nSPS) is 11.5. The van der Waals surface area contributed by atoms with Crippen molar-refractivity contribution in [2.24, 2.45) is 11.8 Å². The maximum Gasteiger partial charge on any atom is 0.255 e. The highest BCUT2D eigenvalue weighted by molar-refractivity contribution is 5.94. The van der Waals surface area contributed by atoms with E-state index in [1.54, 1.807) is 7.11 Å². The molecule has 3 aromatic rings. The number of pyridine rings is 1. The lowest BCUT2D eigenvalue weighted by Gasteiger charge is -2.24. The number of aromatic nitrogens is 2. The van der Waals surface area contributed by atoms with Gasteiger partial charge in [0, 0.05) is 31.5 Å². The molecule has 0 aliphatic carbocycles. The molecule has 6 nitrogen and oxygen atoms in total. The third-order valence-corrected chi connectivity index (χ3v) is 6.12. The lowest BCUT2D eigenvalue weighted by molar-refractivity contribution is 0.0740. The number of amides is 1. The maximum absolute atomic E-state index is 13.5. The summed E-state index contributed by atoms with van der Waals surface area (Å²) in [6, 6.07) is 11.6. The fourth-order valence-electron chi connectivity index (χ4n) is 4.03. The summed E-state index contributed by atoms with van der Waals surface area (Å²) in [6.07, 6.45) is 5.17. The number of imidazole rings is 1. The number of methoxy groups -OCH3 is 1. The lowest BCUT2D eigenvalue weighted by atomic mass is 10.1. The number of nitrogens with zero attached hydrogens (tertiary/aromatic N) is 3. The molecule has 0 aliphatic heterocycles. The van der Waals surface area contributed by atoms with Crippen molar-refractivity contribution in [2.45, 2.75) is 53.4 Å². The van der Waals surface area contributed by atoms with Gasteiger partial charge in [0.1, 0.15) is 11.4 Å². The molecule has 0 saturated carbocycles. The molecule has 0 radical (unpaired) electrons. The van der Waals surface area contributed by atoms with Crippen LogP contribution in [-0.2, 0) is 6.42 Å². The Bertz CT molecular complexity index is 1080. The van der Waals surface area contributed by atoms with Crippen molar-refractivity contribution in [2.75, 3.05) is 26.8 Å². The van der Waals surface area contributed by atoms with E-state index in [9.17, 15) is 9.90 Å². The predicted octanol–water partition coefficient (Wildman–Crippen LogP) is 5.47. The third-order valence-electron chi connectivity index (χ3n) is 6.12. The average molecular weight is 466 g/mol. The van der Waals surface area contributed by atoms with Crippen LogP contribution in [0.25, 0.3) is 16.9 Å². The van der Waals surface area contributed by atoms with Crippen LogP contribution in [0.5, 0.6) is 5.75 Å². The minimum absolute atomic E-state index is 0.0629. The van der Waals surface area contributed by atoms with Crippen molar-refractivity contribution in [3.8, 4) is 17.0 Å². The van der Waals surface area contributed by atoms with Gasteiger partial charge in [0.25, 0.3) is 5.91 Å². The van der Waals surface area contributed by atoms with E-state index in [-0.39, 0.29) is 12.5 Å². The van der Waals surface area contributed by atoms with Gasteiger partial charge in [0.05, 0.1) is 24.1 Å². The SMILES string of the molecule is COc1cccc(-c2nc3ccc(C(=O)N(CCC(C)C)CCC(C)C)cn3c2CCCO)c1. The van der Waals surface area contributed by atoms with Crippen LogP contribution in [0.4, 0.5) is 0 Å². The molecule has 1 aromatic carbocycles. The molecule has 0 aliphatic rings. The smallest absolute Gasteiger partial charge is 0.255 e. The molecule has 184 valence electrons. The summed E-state index contributed by atoms with van der Waals surface area (Å²) in [5, 5.41) is 9.49. The Balaban J connectivity index is 2.01. The second-order valence-corrected chi connectivity index (χ2v) is 9.77. The van der Waals surface area contributed by atoms with E-state index in [0.717, 1.165) is 54.3 Å². The monoisotopic (exact) mass is 465 g/mol. The highest BCUT2D eigenvalue weighted by atomic mass is 16.5. The van der Waals surface area contributed by atoms with E-state index in [1.807, 2.05) is 51.9 Å². The van der Waals surface area contributed by atoms with Gasteiger partial charge in [-0.1, -0.05) is 39.8 Å². The van der Waals surface area contributed by atoms with Crippen LogP contribution in [0.1, 0.15) is 63.0 Å².